The minimum Gasteiger partial charge on any atom is -0.477 e. The maximum Gasteiger partial charge on any atom is 0.361 e. The van der Waals surface area contributed by atoms with Gasteiger partial charge >= 0.3 is 17.9 Å². The number of rotatable bonds is 49. The van der Waals surface area contributed by atoms with Crippen LogP contribution in [0.4, 0.5) is 0 Å². The van der Waals surface area contributed by atoms with Crippen LogP contribution < -0.4 is 0 Å². The Balaban J connectivity index is 4.37. The Hall–Kier alpha value is -3.27. The second-order valence-electron chi connectivity index (χ2n) is 19.2. The van der Waals surface area contributed by atoms with Crippen LogP contribution in [0.1, 0.15) is 219 Å². The Morgan fingerprint density at radius 1 is 0.463 bits per heavy atom. The van der Waals surface area contributed by atoms with E-state index >= 15 is 0 Å². The number of hydrogen-bond donors (Lipinski definition) is 1. The number of hydrogen-bond acceptors (Lipinski definition) is 7. The Kier molecular flexibility index (Phi) is 46.8. The van der Waals surface area contributed by atoms with E-state index in [1.807, 2.05) is 33.3 Å². The predicted molar refractivity (Wildman–Crippen MR) is 281 cm³/mol. The maximum atomic E-state index is 12.8. The molecule has 0 aromatic heterocycles. The molecule has 0 aliphatic heterocycles. The zero-order chi connectivity index (χ0) is 49.2. The van der Waals surface area contributed by atoms with E-state index in [4.69, 9.17) is 18.9 Å². The van der Waals surface area contributed by atoms with Crippen LogP contribution in [0.15, 0.2) is 72.9 Å². The van der Waals surface area contributed by atoms with Crippen molar-refractivity contribution in [3.8, 4) is 0 Å². The van der Waals surface area contributed by atoms with Crippen molar-refractivity contribution in [2.45, 2.75) is 232 Å². The summed E-state index contributed by atoms with van der Waals surface area (Å²) in [6, 6.07) is 0. The van der Waals surface area contributed by atoms with Gasteiger partial charge in [0.15, 0.2) is 6.10 Å². The van der Waals surface area contributed by atoms with Crippen molar-refractivity contribution in [1.82, 2.24) is 0 Å². The molecular weight excluding hydrogens is 839 g/mol. The first-order valence-corrected chi connectivity index (χ1v) is 27.1. The van der Waals surface area contributed by atoms with Gasteiger partial charge in [0.1, 0.15) is 13.2 Å². The molecule has 0 saturated carbocycles. The molecule has 0 fully saturated rings. The molecule has 0 amide bonds. The van der Waals surface area contributed by atoms with Gasteiger partial charge in [0, 0.05) is 12.8 Å². The van der Waals surface area contributed by atoms with Crippen LogP contribution in [0.5, 0.6) is 0 Å². The van der Waals surface area contributed by atoms with E-state index in [0.717, 1.165) is 57.8 Å². The van der Waals surface area contributed by atoms with E-state index in [9.17, 15) is 19.5 Å². The minimum absolute atomic E-state index is 0.133. The SMILES string of the molecule is CC/C=C\C/C=C\C/C=C\C/C=C\C/C=C\C/C=C\CCC(=O)OC(COC(=O)CCCCCCCCCCCCCCCCCCCCCCCCC)COC(OCC[N+](C)(C)C)C(=O)O. The highest BCUT2D eigenvalue weighted by molar-refractivity contribution is 5.71. The van der Waals surface area contributed by atoms with E-state index in [1.54, 1.807) is 0 Å². The molecule has 386 valence electrons. The fourth-order valence-electron chi connectivity index (χ4n) is 7.33. The second kappa shape index (κ2) is 49.2. The van der Waals surface area contributed by atoms with Crippen LogP contribution in [-0.4, -0.2) is 87.4 Å². The van der Waals surface area contributed by atoms with Crippen LogP contribution in [0.2, 0.25) is 0 Å². The van der Waals surface area contributed by atoms with Gasteiger partial charge in [-0.3, -0.25) is 9.59 Å². The molecule has 0 heterocycles. The van der Waals surface area contributed by atoms with Gasteiger partial charge in [-0.2, -0.15) is 0 Å². The number of allylic oxidation sites excluding steroid dienone is 12. The number of quaternary nitrogens is 1. The van der Waals surface area contributed by atoms with Gasteiger partial charge in [-0.05, 0) is 51.4 Å². The average Bonchev–Trinajstić information content (AvgIpc) is 3.29. The van der Waals surface area contributed by atoms with Gasteiger partial charge in [0.05, 0.1) is 34.4 Å². The molecule has 0 rings (SSSR count). The zero-order valence-corrected chi connectivity index (χ0v) is 43.8. The van der Waals surface area contributed by atoms with Gasteiger partial charge in [0.2, 0.25) is 0 Å². The molecule has 9 nitrogen and oxygen atoms in total. The molecule has 0 aliphatic rings. The molecule has 9 heteroatoms. The molecule has 0 saturated heterocycles. The molecule has 0 radical (unpaired) electrons. The maximum absolute atomic E-state index is 12.8. The number of esters is 2. The number of carboxylic acids is 1. The van der Waals surface area contributed by atoms with Crippen LogP contribution in [0, 0.1) is 0 Å². The lowest BCUT2D eigenvalue weighted by Crippen LogP contribution is -2.40. The first-order chi connectivity index (χ1) is 32.6. The number of likely N-dealkylation sites (N-methyl/N-ethyl adjacent to an activating group) is 1. The number of aliphatic carboxylic acids is 1. The number of nitrogens with zero attached hydrogens (tertiary/aromatic N) is 1. The zero-order valence-electron chi connectivity index (χ0n) is 43.8. The van der Waals surface area contributed by atoms with Crippen molar-refractivity contribution in [1.29, 1.82) is 0 Å². The van der Waals surface area contributed by atoms with Crippen molar-refractivity contribution < 1.29 is 42.9 Å². The molecule has 0 bridgehead atoms. The van der Waals surface area contributed by atoms with Gasteiger partial charge in [-0.1, -0.05) is 228 Å². The highest BCUT2D eigenvalue weighted by Gasteiger charge is 2.25. The molecule has 0 aliphatic carbocycles. The van der Waals surface area contributed by atoms with E-state index in [2.05, 4.69) is 74.6 Å². The summed E-state index contributed by atoms with van der Waals surface area (Å²) in [5, 5.41) is 9.67. The van der Waals surface area contributed by atoms with E-state index in [1.165, 1.54) is 128 Å². The molecule has 0 spiro atoms. The lowest BCUT2D eigenvalue weighted by molar-refractivity contribution is -0.870. The highest BCUT2D eigenvalue weighted by atomic mass is 16.7. The Morgan fingerprint density at radius 2 is 0.851 bits per heavy atom. The van der Waals surface area contributed by atoms with E-state index in [-0.39, 0.29) is 38.6 Å². The molecule has 2 atom stereocenters. The average molecular weight is 941 g/mol. The number of unbranched alkanes of at least 4 members (excludes halogenated alkanes) is 22. The van der Waals surface area contributed by atoms with Gasteiger partial charge in [0.25, 0.3) is 6.29 Å². The predicted octanol–water partition coefficient (Wildman–Crippen LogP) is 15.5. The summed E-state index contributed by atoms with van der Waals surface area (Å²) in [5.74, 6) is -2.12. The summed E-state index contributed by atoms with van der Waals surface area (Å²) in [6.07, 6.45) is 60.0. The molecule has 67 heavy (non-hydrogen) atoms. The van der Waals surface area contributed by atoms with Crippen molar-refractivity contribution in [3.05, 3.63) is 72.9 Å². The van der Waals surface area contributed by atoms with Crippen LogP contribution >= 0.6 is 0 Å². The fraction of sp³-hybridized carbons (Fsp3) is 0.741. The Bertz CT molecular complexity index is 1330. The van der Waals surface area contributed by atoms with Crippen LogP contribution in [-0.2, 0) is 33.3 Å². The molecule has 0 aromatic carbocycles. The van der Waals surface area contributed by atoms with Crippen LogP contribution in [0.25, 0.3) is 0 Å². The second-order valence-corrected chi connectivity index (χ2v) is 19.2. The fourth-order valence-corrected chi connectivity index (χ4v) is 7.33. The smallest absolute Gasteiger partial charge is 0.361 e. The van der Waals surface area contributed by atoms with Crippen molar-refractivity contribution in [3.63, 3.8) is 0 Å². The summed E-state index contributed by atoms with van der Waals surface area (Å²) in [5.41, 5.74) is 0. The first-order valence-electron chi connectivity index (χ1n) is 27.1. The van der Waals surface area contributed by atoms with Gasteiger partial charge < -0.3 is 28.5 Å². The lowest BCUT2D eigenvalue weighted by atomic mass is 10.0. The normalized spacial score (nSPS) is 13.4. The van der Waals surface area contributed by atoms with E-state index < -0.39 is 24.3 Å². The van der Waals surface area contributed by atoms with Crippen molar-refractivity contribution >= 4 is 17.9 Å². The lowest BCUT2D eigenvalue weighted by Gasteiger charge is -2.25. The largest absolute Gasteiger partial charge is 0.477 e. The van der Waals surface area contributed by atoms with Gasteiger partial charge in [-0.15, -0.1) is 0 Å². The Morgan fingerprint density at radius 3 is 1.24 bits per heavy atom. The number of ether oxygens (including phenoxy) is 4. The molecular formula is C58H102NO8+. The summed E-state index contributed by atoms with van der Waals surface area (Å²) in [7, 11) is 5.94. The monoisotopic (exact) mass is 941 g/mol. The first kappa shape index (κ1) is 63.7. The minimum atomic E-state index is -1.53. The van der Waals surface area contributed by atoms with Gasteiger partial charge in [-0.25, -0.2) is 4.79 Å². The van der Waals surface area contributed by atoms with E-state index in [0.29, 0.717) is 17.4 Å². The molecule has 1 N–H and O–H groups in total. The number of carbonyl (C=O) groups is 3. The summed E-state index contributed by atoms with van der Waals surface area (Å²) >= 11 is 0. The quantitative estimate of drug-likeness (QED) is 0.0211. The highest BCUT2D eigenvalue weighted by Crippen LogP contribution is 2.16. The third-order valence-corrected chi connectivity index (χ3v) is 11.5. The number of carboxylic acid groups (broad SMARTS) is 1. The summed E-state index contributed by atoms with van der Waals surface area (Å²) in [6.45, 7) is 4.69. The molecule has 0 aromatic rings. The third kappa shape index (κ3) is 50.4. The standard InChI is InChI=1S/C58H101NO8/c1-6-8-10-12-14-16-18-20-22-24-26-27-28-29-31-32-34-36-38-40-42-44-46-48-55(60)65-52-54(53-66-58(57(62)63)64-51-50-59(3,4)5)67-56(61)49-47-45-43-41-39-37-35-33-30-25-23-21-19-17-15-13-11-9-7-2/h9,11,15,17,21,23,30,33,37,39,43,45,54,58H,6-8,10,12-14,16,18-20,22,24-29,31-32,34-36,38,40-42,44,46-53H2,1-5H3/p+1/b11-9-,17-15-,23-21-,33-30-,39-37-,45-43-. The number of carbonyl (C=O) groups excluding carboxylic acids is 2. The third-order valence-electron chi connectivity index (χ3n) is 11.5. The molecule has 2 unspecified atom stereocenters. The summed E-state index contributed by atoms with van der Waals surface area (Å²) < 4.78 is 22.7. The van der Waals surface area contributed by atoms with Crippen LogP contribution in [0.3, 0.4) is 0 Å². The van der Waals surface area contributed by atoms with Crippen molar-refractivity contribution in [2.24, 2.45) is 0 Å². The van der Waals surface area contributed by atoms with Crippen molar-refractivity contribution in [2.75, 3.05) is 47.5 Å². The topological polar surface area (TPSA) is 108 Å². The summed E-state index contributed by atoms with van der Waals surface area (Å²) in [4.78, 5) is 37.3. The Labute approximate surface area is 411 Å².